The first-order valence-corrected chi connectivity index (χ1v) is 10.4. The summed E-state index contributed by atoms with van der Waals surface area (Å²) in [4.78, 5) is 25.9. The number of amides is 3. The van der Waals surface area contributed by atoms with E-state index in [1.54, 1.807) is 0 Å². The average Bonchev–Trinajstić information content (AvgIpc) is 3.13. The molecule has 1 atom stereocenters. The van der Waals surface area contributed by atoms with Gasteiger partial charge in [-0.15, -0.1) is 0 Å². The third-order valence-electron chi connectivity index (χ3n) is 5.45. The molecule has 0 bridgehead atoms. The zero-order chi connectivity index (χ0) is 24.9. The molecule has 2 heterocycles. The number of hydrogen-bond donors (Lipinski definition) is 2. The number of urea groups is 1. The van der Waals surface area contributed by atoms with Gasteiger partial charge in [-0.1, -0.05) is 29.3 Å². The Balaban J connectivity index is 1.96. The molecule has 1 aliphatic rings. The second-order valence-electron chi connectivity index (χ2n) is 7.50. The SMILES string of the molecule is NC(=O)c1c(-c2ccc(F)c(Cl)c2)nn2c1C(c1ccc(C(F)(F)F)c(Cl)c1)N(C(N)=O)CC2. The van der Waals surface area contributed by atoms with Gasteiger partial charge >= 0.3 is 12.2 Å². The number of carbonyl (C=O) groups is 2. The maximum absolute atomic E-state index is 13.7. The lowest BCUT2D eigenvalue weighted by atomic mass is 9.94. The number of carbonyl (C=O) groups excluding carboxylic acids is 2. The molecule has 1 aliphatic heterocycles. The van der Waals surface area contributed by atoms with Crippen molar-refractivity contribution in [3.8, 4) is 11.3 Å². The van der Waals surface area contributed by atoms with Gasteiger partial charge in [0.1, 0.15) is 17.6 Å². The number of fused-ring (bicyclic) bond motifs is 1. The molecule has 0 aliphatic carbocycles. The van der Waals surface area contributed by atoms with E-state index in [2.05, 4.69) is 5.10 Å². The van der Waals surface area contributed by atoms with E-state index in [0.29, 0.717) is 0 Å². The van der Waals surface area contributed by atoms with Crippen LogP contribution in [0.4, 0.5) is 22.4 Å². The van der Waals surface area contributed by atoms with Crippen LogP contribution in [0.15, 0.2) is 36.4 Å². The number of hydrogen-bond acceptors (Lipinski definition) is 3. The molecule has 0 fully saturated rings. The largest absolute Gasteiger partial charge is 0.417 e. The molecule has 2 aromatic carbocycles. The highest BCUT2D eigenvalue weighted by molar-refractivity contribution is 6.31. The number of nitrogens with two attached hydrogens (primary N) is 2. The first kappa shape index (κ1) is 23.8. The highest BCUT2D eigenvalue weighted by Crippen LogP contribution is 2.41. The van der Waals surface area contributed by atoms with E-state index in [-0.39, 0.29) is 46.2 Å². The predicted octanol–water partition coefficient (Wildman–Crippen LogP) is 4.60. The van der Waals surface area contributed by atoms with Gasteiger partial charge in [0.05, 0.1) is 33.4 Å². The summed E-state index contributed by atoms with van der Waals surface area (Å²) in [6.45, 7) is 0.146. The third-order valence-corrected chi connectivity index (χ3v) is 6.05. The van der Waals surface area contributed by atoms with E-state index in [1.807, 2.05) is 0 Å². The van der Waals surface area contributed by atoms with Crippen molar-refractivity contribution in [3.63, 3.8) is 0 Å². The van der Waals surface area contributed by atoms with E-state index in [0.717, 1.165) is 24.3 Å². The number of nitrogens with zero attached hydrogens (tertiary/aromatic N) is 3. The second kappa shape index (κ2) is 8.48. The Bertz CT molecular complexity index is 1330. The molecule has 0 spiro atoms. The minimum Gasteiger partial charge on any atom is -0.365 e. The molecule has 34 heavy (non-hydrogen) atoms. The predicted molar refractivity (Wildman–Crippen MR) is 116 cm³/mol. The van der Waals surface area contributed by atoms with Gasteiger partial charge in [-0.25, -0.2) is 9.18 Å². The highest BCUT2D eigenvalue weighted by Gasteiger charge is 2.39. The maximum Gasteiger partial charge on any atom is 0.417 e. The summed E-state index contributed by atoms with van der Waals surface area (Å²) < 4.78 is 54.7. The molecule has 3 aromatic rings. The van der Waals surface area contributed by atoms with Crippen LogP contribution in [-0.2, 0) is 12.7 Å². The first-order valence-electron chi connectivity index (χ1n) is 9.68. The number of halogens is 6. The van der Waals surface area contributed by atoms with Crippen LogP contribution in [0.5, 0.6) is 0 Å². The topological polar surface area (TPSA) is 107 Å². The van der Waals surface area contributed by atoms with E-state index >= 15 is 0 Å². The quantitative estimate of drug-likeness (QED) is 0.497. The van der Waals surface area contributed by atoms with Crippen molar-refractivity contribution in [2.75, 3.05) is 6.54 Å². The van der Waals surface area contributed by atoms with Crippen LogP contribution in [0.3, 0.4) is 0 Å². The van der Waals surface area contributed by atoms with Gasteiger partial charge in [-0.05, 0) is 35.9 Å². The van der Waals surface area contributed by atoms with Gasteiger partial charge in [-0.2, -0.15) is 18.3 Å². The van der Waals surface area contributed by atoms with Crippen LogP contribution in [0.2, 0.25) is 10.0 Å². The van der Waals surface area contributed by atoms with Crippen LogP contribution in [-0.4, -0.2) is 33.2 Å². The second-order valence-corrected chi connectivity index (χ2v) is 8.31. The summed E-state index contributed by atoms with van der Waals surface area (Å²) in [7, 11) is 0. The summed E-state index contributed by atoms with van der Waals surface area (Å²) in [5.74, 6) is -1.61. The van der Waals surface area contributed by atoms with Gasteiger partial charge in [0.2, 0.25) is 0 Å². The standard InChI is InChI=1S/C21H15Cl2F4N5O2/c22-12-8-10(1-3-11(12)21(25,26)27)17-18-15(19(28)33)16(9-2-4-14(24)13(23)7-9)30-32(18)6-5-31(17)20(29)34/h1-4,7-8,17H,5-6H2,(H2,28,33)(H2,29,34). The molecule has 7 nitrogen and oxygen atoms in total. The van der Waals surface area contributed by atoms with Crippen molar-refractivity contribution in [1.82, 2.24) is 14.7 Å². The third kappa shape index (κ3) is 4.05. The maximum atomic E-state index is 13.7. The minimum absolute atomic E-state index is 0.0368. The van der Waals surface area contributed by atoms with Gasteiger partial charge in [-0.3, -0.25) is 9.48 Å². The molecular formula is C21H15Cl2F4N5O2. The molecule has 1 unspecified atom stereocenters. The molecule has 4 N–H and O–H groups in total. The molecular weight excluding hydrogens is 501 g/mol. The Labute approximate surface area is 199 Å². The molecule has 1 aromatic heterocycles. The Morgan fingerprint density at radius 1 is 1.03 bits per heavy atom. The summed E-state index contributed by atoms with van der Waals surface area (Å²) in [6, 6.07) is 4.65. The Kier molecular flexibility index (Phi) is 5.94. The first-order chi connectivity index (χ1) is 15.9. The van der Waals surface area contributed by atoms with Crippen molar-refractivity contribution in [1.29, 1.82) is 0 Å². The molecule has 13 heteroatoms. The highest BCUT2D eigenvalue weighted by atomic mass is 35.5. The number of aromatic nitrogens is 2. The number of primary amides is 2. The number of rotatable bonds is 3. The normalized spacial score (nSPS) is 15.8. The number of alkyl halides is 3. The molecule has 3 amide bonds. The van der Waals surface area contributed by atoms with Crippen molar-refractivity contribution >= 4 is 35.1 Å². The van der Waals surface area contributed by atoms with Crippen LogP contribution >= 0.6 is 23.2 Å². The van der Waals surface area contributed by atoms with Gasteiger partial charge in [0.15, 0.2) is 0 Å². The summed E-state index contributed by atoms with van der Waals surface area (Å²) in [5, 5.41) is 3.59. The Morgan fingerprint density at radius 3 is 2.29 bits per heavy atom. The average molecular weight is 516 g/mol. The fraction of sp³-hybridized carbons (Fsp3) is 0.190. The lowest BCUT2D eigenvalue weighted by Crippen LogP contribution is -2.46. The van der Waals surface area contributed by atoms with Crippen molar-refractivity contribution < 1.29 is 27.2 Å². The zero-order valence-corrected chi connectivity index (χ0v) is 18.5. The number of benzene rings is 2. The van der Waals surface area contributed by atoms with Crippen LogP contribution in [0, 0.1) is 5.82 Å². The minimum atomic E-state index is -4.69. The monoisotopic (exact) mass is 515 g/mol. The fourth-order valence-corrected chi connectivity index (χ4v) is 4.47. The van der Waals surface area contributed by atoms with Crippen LogP contribution in [0.1, 0.15) is 33.2 Å². The van der Waals surface area contributed by atoms with Gasteiger partial charge in [0.25, 0.3) is 5.91 Å². The van der Waals surface area contributed by atoms with Crippen LogP contribution in [0.25, 0.3) is 11.3 Å². The molecule has 4 rings (SSSR count). The summed E-state index contributed by atoms with van der Waals surface area (Å²) in [5.41, 5.74) is 10.6. The summed E-state index contributed by atoms with van der Waals surface area (Å²) >= 11 is 11.8. The lowest BCUT2D eigenvalue weighted by molar-refractivity contribution is -0.137. The summed E-state index contributed by atoms with van der Waals surface area (Å²) in [6.07, 6.45) is -4.69. The van der Waals surface area contributed by atoms with Crippen molar-refractivity contribution in [3.05, 3.63) is 74.6 Å². The van der Waals surface area contributed by atoms with E-state index in [1.165, 1.54) is 21.7 Å². The Hall–Kier alpha value is -3.31. The zero-order valence-electron chi connectivity index (χ0n) is 17.0. The van der Waals surface area contributed by atoms with Crippen molar-refractivity contribution in [2.45, 2.75) is 18.8 Å². The Morgan fingerprint density at radius 2 is 1.74 bits per heavy atom. The van der Waals surface area contributed by atoms with Gasteiger partial charge in [0, 0.05) is 12.1 Å². The van der Waals surface area contributed by atoms with Crippen LogP contribution < -0.4 is 11.5 Å². The molecule has 0 saturated carbocycles. The molecule has 0 radical (unpaired) electrons. The van der Waals surface area contributed by atoms with Crippen molar-refractivity contribution in [2.24, 2.45) is 11.5 Å². The van der Waals surface area contributed by atoms with E-state index < -0.39 is 40.6 Å². The fourth-order valence-electron chi connectivity index (χ4n) is 4.00. The van der Waals surface area contributed by atoms with Gasteiger partial charge < -0.3 is 16.4 Å². The van der Waals surface area contributed by atoms with E-state index in [9.17, 15) is 27.2 Å². The molecule has 0 saturated heterocycles. The smallest absolute Gasteiger partial charge is 0.365 e. The van der Waals surface area contributed by atoms with E-state index in [4.69, 9.17) is 34.7 Å². The lowest BCUT2D eigenvalue weighted by Gasteiger charge is -2.36. The molecule has 178 valence electrons.